The second-order valence-corrected chi connectivity index (χ2v) is 5.89. The predicted octanol–water partition coefficient (Wildman–Crippen LogP) is 2.25. The maximum Gasteiger partial charge on any atom is 0.317 e. The number of urea groups is 1. The first kappa shape index (κ1) is 14.6. The fraction of sp³-hybridized carbons (Fsp3) is 0.438. The molecule has 1 saturated carbocycles. The minimum Gasteiger partial charge on any atom is -0.340 e. The standard InChI is InChI=1S/C16H20N4O2/c1-12-18-14(19-22-12)10-17-15(21)20(2)11-16(8-9-16)13-6-4-3-5-7-13/h3-7H,8-11H2,1-2H3,(H,17,21). The van der Waals surface area contributed by atoms with Crippen molar-refractivity contribution in [2.75, 3.05) is 13.6 Å². The molecule has 2 amide bonds. The normalized spacial score (nSPS) is 15.4. The van der Waals surface area contributed by atoms with Crippen LogP contribution < -0.4 is 5.32 Å². The quantitative estimate of drug-likeness (QED) is 0.919. The Bertz CT molecular complexity index is 649. The highest BCUT2D eigenvalue weighted by Crippen LogP contribution is 2.48. The highest BCUT2D eigenvalue weighted by Gasteiger charge is 2.45. The number of hydrogen-bond donors (Lipinski definition) is 1. The van der Waals surface area contributed by atoms with Gasteiger partial charge in [-0.05, 0) is 18.4 Å². The van der Waals surface area contributed by atoms with Crippen molar-refractivity contribution in [3.8, 4) is 0 Å². The maximum absolute atomic E-state index is 12.2. The van der Waals surface area contributed by atoms with Crippen molar-refractivity contribution < 1.29 is 9.32 Å². The zero-order chi connectivity index (χ0) is 15.6. The number of nitrogens with zero attached hydrogens (tertiary/aromatic N) is 3. The number of hydrogen-bond acceptors (Lipinski definition) is 4. The van der Waals surface area contributed by atoms with E-state index in [9.17, 15) is 4.79 Å². The molecule has 1 N–H and O–H groups in total. The van der Waals surface area contributed by atoms with Crippen LogP contribution in [0.15, 0.2) is 34.9 Å². The number of carbonyl (C=O) groups is 1. The van der Waals surface area contributed by atoms with Crippen LogP contribution in [-0.2, 0) is 12.0 Å². The Morgan fingerprint density at radius 1 is 1.36 bits per heavy atom. The van der Waals surface area contributed by atoms with Gasteiger partial charge in [0.25, 0.3) is 0 Å². The Kier molecular flexibility index (Phi) is 3.83. The monoisotopic (exact) mass is 300 g/mol. The van der Waals surface area contributed by atoms with E-state index in [1.165, 1.54) is 5.56 Å². The van der Waals surface area contributed by atoms with E-state index < -0.39 is 0 Å². The second-order valence-electron chi connectivity index (χ2n) is 5.89. The zero-order valence-corrected chi connectivity index (χ0v) is 12.9. The van der Waals surface area contributed by atoms with Crippen molar-refractivity contribution in [2.45, 2.75) is 31.7 Å². The second kappa shape index (κ2) is 5.79. The fourth-order valence-corrected chi connectivity index (χ4v) is 2.71. The summed E-state index contributed by atoms with van der Waals surface area (Å²) in [5.41, 5.74) is 1.43. The molecular weight excluding hydrogens is 280 g/mol. The maximum atomic E-state index is 12.2. The minimum absolute atomic E-state index is 0.121. The van der Waals surface area contributed by atoms with Crippen LogP contribution in [0.4, 0.5) is 4.79 Å². The Labute approximate surface area is 129 Å². The minimum atomic E-state index is -0.121. The van der Waals surface area contributed by atoms with Gasteiger partial charge in [-0.2, -0.15) is 4.98 Å². The summed E-state index contributed by atoms with van der Waals surface area (Å²) < 4.78 is 4.88. The lowest BCUT2D eigenvalue weighted by Crippen LogP contribution is -2.41. The lowest BCUT2D eigenvalue weighted by Gasteiger charge is -2.24. The largest absolute Gasteiger partial charge is 0.340 e. The predicted molar refractivity (Wildman–Crippen MR) is 81.3 cm³/mol. The molecule has 0 radical (unpaired) electrons. The van der Waals surface area contributed by atoms with Gasteiger partial charge < -0.3 is 14.7 Å². The zero-order valence-electron chi connectivity index (χ0n) is 12.9. The van der Waals surface area contributed by atoms with Gasteiger partial charge in [0.15, 0.2) is 5.82 Å². The number of aryl methyl sites for hydroxylation is 1. The average Bonchev–Trinajstić information content (AvgIpc) is 3.19. The summed E-state index contributed by atoms with van der Waals surface area (Å²) in [6.07, 6.45) is 2.25. The average molecular weight is 300 g/mol. The van der Waals surface area contributed by atoms with Crippen molar-refractivity contribution in [3.63, 3.8) is 0 Å². The summed E-state index contributed by atoms with van der Waals surface area (Å²) in [7, 11) is 1.82. The molecule has 1 fully saturated rings. The number of aromatic nitrogens is 2. The molecule has 116 valence electrons. The van der Waals surface area contributed by atoms with Gasteiger partial charge in [-0.3, -0.25) is 0 Å². The Balaban J connectivity index is 1.55. The molecule has 2 aromatic rings. The Morgan fingerprint density at radius 2 is 2.09 bits per heavy atom. The highest BCUT2D eigenvalue weighted by molar-refractivity contribution is 5.74. The first-order chi connectivity index (χ1) is 10.6. The van der Waals surface area contributed by atoms with E-state index in [2.05, 4.69) is 27.6 Å². The van der Waals surface area contributed by atoms with Crippen molar-refractivity contribution in [3.05, 3.63) is 47.6 Å². The van der Waals surface area contributed by atoms with Crippen LogP contribution in [0.2, 0.25) is 0 Å². The van der Waals surface area contributed by atoms with Crippen LogP contribution in [0, 0.1) is 6.92 Å². The molecule has 0 aliphatic heterocycles. The lowest BCUT2D eigenvalue weighted by molar-refractivity contribution is 0.203. The Morgan fingerprint density at radius 3 is 2.68 bits per heavy atom. The number of likely N-dealkylation sites (N-methyl/N-ethyl adjacent to an activating group) is 1. The molecule has 6 heteroatoms. The van der Waals surface area contributed by atoms with Gasteiger partial charge in [0, 0.05) is 25.9 Å². The number of amides is 2. The summed E-state index contributed by atoms with van der Waals surface area (Å²) >= 11 is 0. The first-order valence-corrected chi connectivity index (χ1v) is 7.43. The molecule has 0 bridgehead atoms. The molecule has 0 spiro atoms. The molecule has 3 rings (SSSR count). The molecule has 0 saturated heterocycles. The molecule has 1 aromatic heterocycles. The third-order valence-corrected chi connectivity index (χ3v) is 4.09. The van der Waals surface area contributed by atoms with Crippen LogP contribution in [0.3, 0.4) is 0 Å². The van der Waals surface area contributed by atoms with Crippen LogP contribution >= 0.6 is 0 Å². The van der Waals surface area contributed by atoms with Gasteiger partial charge >= 0.3 is 6.03 Å². The number of benzene rings is 1. The Hall–Kier alpha value is -2.37. The van der Waals surface area contributed by atoms with Crippen LogP contribution in [0.1, 0.15) is 30.1 Å². The molecular formula is C16H20N4O2. The SMILES string of the molecule is Cc1nc(CNC(=O)N(C)CC2(c3ccccc3)CC2)no1. The van der Waals surface area contributed by atoms with Crippen LogP contribution in [0.5, 0.6) is 0 Å². The molecule has 1 aliphatic carbocycles. The van der Waals surface area contributed by atoms with Crippen molar-refractivity contribution >= 4 is 6.03 Å². The van der Waals surface area contributed by atoms with E-state index in [-0.39, 0.29) is 18.0 Å². The molecule has 22 heavy (non-hydrogen) atoms. The first-order valence-electron chi connectivity index (χ1n) is 7.43. The van der Waals surface area contributed by atoms with Gasteiger partial charge in [-0.25, -0.2) is 4.79 Å². The van der Waals surface area contributed by atoms with Crippen molar-refractivity contribution in [1.82, 2.24) is 20.4 Å². The number of carbonyl (C=O) groups excluding carboxylic acids is 1. The third kappa shape index (κ3) is 3.10. The van der Waals surface area contributed by atoms with E-state index in [0.29, 0.717) is 18.3 Å². The molecule has 0 atom stereocenters. The molecule has 1 heterocycles. The smallest absolute Gasteiger partial charge is 0.317 e. The van der Waals surface area contributed by atoms with Gasteiger partial charge in [0.2, 0.25) is 5.89 Å². The number of nitrogens with one attached hydrogen (secondary N) is 1. The van der Waals surface area contributed by atoms with Gasteiger partial charge in [-0.1, -0.05) is 35.5 Å². The van der Waals surface area contributed by atoms with Crippen molar-refractivity contribution in [1.29, 1.82) is 0 Å². The topological polar surface area (TPSA) is 71.3 Å². The lowest BCUT2D eigenvalue weighted by atomic mass is 9.95. The highest BCUT2D eigenvalue weighted by atomic mass is 16.5. The van der Waals surface area contributed by atoms with Gasteiger partial charge in [0.05, 0.1) is 6.54 Å². The third-order valence-electron chi connectivity index (χ3n) is 4.09. The van der Waals surface area contributed by atoms with E-state index in [1.807, 2.05) is 25.2 Å². The summed E-state index contributed by atoms with van der Waals surface area (Å²) in [5.74, 6) is 0.988. The van der Waals surface area contributed by atoms with E-state index in [4.69, 9.17) is 4.52 Å². The number of rotatable bonds is 5. The summed E-state index contributed by atoms with van der Waals surface area (Å²) in [6, 6.07) is 10.3. The van der Waals surface area contributed by atoms with Gasteiger partial charge in [-0.15, -0.1) is 0 Å². The van der Waals surface area contributed by atoms with E-state index in [1.54, 1.807) is 11.8 Å². The fourth-order valence-electron chi connectivity index (χ4n) is 2.71. The molecule has 1 aromatic carbocycles. The van der Waals surface area contributed by atoms with E-state index >= 15 is 0 Å². The molecule has 6 nitrogen and oxygen atoms in total. The summed E-state index contributed by atoms with van der Waals surface area (Å²) in [5, 5.41) is 6.58. The van der Waals surface area contributed by atoms with Crippen molar-refractivity contribution in [2.24, 2.45) is 0 Å². The van der Waals surface area contributed by atoms with Crippen LogP contribution in [-0.4, -0.2) is 34.7 Å². The summed E-state index contributed by atoms with van der Waals surface area (Å²) in [6.45, 7) is 2.72. The van der Waals surface area contributed by atoms with Gasteiger partial charge in [0.1, 0.15) is 0 Å². The molecule has 0 unspecified atom stereocenters. The molecule has 1 aliphatic rings. The summed E-state index contributed by atoms with van der Waals surface area (Å²) in [4.78, 5) is 18.0. The van der Waals surface area contributed by atoms with E-state index in [0.717, 1.165) is 12.8 Å². The van der Waals surface area contributed by atoms with Crippen LogP contribution in [0.25, 0.3) is 0 Å².